The molecule has 26 heavy (non-hydrogen) atoms. The Morgan fingerprint density at radius 3 is 1.92 bits per heavy atom. The standard InChI is InChI=1S/C18H10N6O2/c25-24-18(16-10-20-12-6-2-4-8-14(12)22-16)17(23-26-24)15-9-19-11-5-1-3-7-13(11)21-15/h1-10H. The second-order valence-corrected chi connectivity index (χ2v) is 5.62. The molecule has 5 aromatic rings. The van der Waals surface area contributed by atoms with E-state index in [1.54, 1.807) is 6.20 Å². The van der Waals surface area contributed by atoms with Crippen LogP contribution in [0.5, 0.6) is 0 Å². The number of rotatable bonds is 2. The predicted octanol–water partition coefficient (Wildman–Crippen LogP) is 2.53. The number of benzene rings is 2. The first-order chi connectivity index (χ1) is 12.8. The molecule has 0 atom stereocenters. The van der Waals surface area contributed by atoms with Crippen LogP contribution in [-0.2, 0) is 0 Å². The molecule has 124 valence electrons. The molecular weight excluding hydrogens is 332 g/mol. The van der Waals surface area contributed by atoms with E-state index >= 15 is 0 Å². The summed E-state index contributed by atoms with van der Waals surface area (Å²) in [4.78, 5) is 18.0. The zero-order valence-corrected chi connectivity index (χ0v) is 13.3. The lowest BCUT2D eigenvalue weighted by Gasteiger charge is -2.01. The molecule has 0 unspecified atom stereocenters. The summed E-state index contributed by atoms with van der Waals surface area (Å²) in [6.07, 6.45) is 3.07. The molecule has 0 saturated heterocycles. The zero-order valence-electron chi connectivity index (χ0n) is 13.3. The highest BCUT2D eigenvalue weighted by atomic mass is 16.8. The molecule has 3 aromatic heterocycles. The zero-order chi connectivity index (χ0) is 17.5. The number of nitrogens with zero attached hydrogens (tertiary/aromatic N) is 6. The van der Waals surface area contributed by atoms with Gasteiger partial charge in [-0.15, -0.1) is 0 Å². The number of fused-ring (bicyclic) bond motifs is 2. The Morgan fingerprint density at radius 2 is 1.27 bits per heavy atom. The van der Waals surface area contributed by atoms with E-state index in [2.05, 4.69) is 25.1 Å². The molecule has 0 bridgehead atoms. The molecule has 0 radical (unpaired) electrons. The van der Waals surface area contributed by atoms with Crippen molar-refractivity contribution < 1.29 is 9.53 Å². The van der Waals surface area contributed by atoms with Gasteiger partial charge in [-0.3, -0.25) is 14.6 Å². The summed E-state index contributed by atoms with van der Waals surface area (Å²) in [5.41, 5.74) is 4.04. The third-order valence-electron chi connectivity index (χ3n) is 4.00. The van der Waals surface area contributed by atoms with Gasteiger partial charge in [0.05, 0.1) is 34.5 Å². The third kappa shape index (κ3) is 2.24. The molecule has 3 heterocycles. The Bertz CT molecular complexity index is 1270. The van der Waals surface area contributed by atoms with Gasteiger partial charge in [-0.25, -0.2) is 9.97 Å². The van der Waals surface area contributed by atoms with Crippen LogP contribution in [0.15, 0.2) is 65.6 Å². The Hall–Kier alpha value is -3.94. The van der Waals surface area contributed by atoms with Crippen molar-refractivity contribution in [1.29, 1.82) is 0 Å². The van der Waals surface area contributed by atoms with E-state index < -0.39 is 0 Å². The van der Waals surface area contributed by atoms with Gasteiger partial charge in [-0.2, -0.15) is 0 Å². The molecule has 0 amide bonds. The lowest BCUT2D eigenvalue weighted by Crippen LogP contribution is -2.25. The molecule has 8 heteroatoms. The Balaban J connectivity index is 1.71. The van der Waals surface area contributed by atoms with Gasteiger partial charge in [0.25, 0.3) is 11.4 Å². The molecule has 0 aliphatic heterocycles. The minimum atomic E-state index is 0.146. The molecule has 0 saturated carbocycles. The molecule has 2 aromatic carbocycles. The van der Waals surface area contributed by atoms with Crippen LogP contribution in [0.2, 0.25) is 0 Å². The molecular formula is C18H10N6O2. The molecule has 8 nitrogen and oxygen atoms in total. The molecule has 0 aliphatic carbocycles. The van der Waals surface area contributed by atoms with Crippen LogP contribution in [-0.4, -0.2) is 25.1 Å². The van der Waals surface area contributed by atoms with Crippen LogP contribution < -0.4 is 4.90 Å². The van der Waals surface area contributed by atoms with Crippen LogP contribution >= 0.6 is 0 Å². The summed E-state index contributed by atoms with van der Waals surface area (Å²) >= 11 is 0. The van der Waals surface area contributed by atoms with Gasteiger partial charge in [0.1, 0.15) is 11.4 Å². The first-order valence-corrected chi connectivity index (χ1v) is 7.84. The van der Waals surface area contributed by atoms with Crippen molar-refractivity contribution in [2.24, 2.45) is 0 Å². The van der Waals surface area contributed by atoms with Gasteiger partial charge in [0.15, 0.2) is 0 Å². The van der Waals surface area contributed by atoms with Crippen molar-refractivity contribution in [3.8, 4) is 22.8 Å². The fourth-order valence-electron chi connectivity index (χ4n) is 2.77. The van der Waals surface area contributed by atoms with Crippen molar-refractivity contribution in [2.45, 2.75) is 0 Å². The Morgan fingerprint density at radius 1 is 0.731 bits per heavy atom. The van der Waals surface area contributed by atoms with Crippen molar-refractivity contribution in [3.05, 3.63) is 66.1 Å². The summed E-state index contributed by atoms with van der Waals surface area (Å²) in [6.45, 7) is 0. The summed E-state index contributed by atoms with van der Waals surface area (Å²) in [6, 6.07) is 14.9. The number of para-hydroxylation sites is 4. The lowest BCUT2D eigenvalue weighted by molar-refractivity contribution is -0.793. The number of aromatic nitrogens is 6. The van der Waals surface area contributed by atoms with Crippen molar-refractivity contribution in [2.75, 3.05) is 0 Å². The molecule has 0 aliphatic rings. The van der Waals surface area contributed by atoms with Crippen molar-refractivity contribution >= 4 is 22.1 Å². The number of hydrogen-bond acceptors (Lipinski definition) is 7. The molecule has 0 spiro atoms. The van der Waals surface area contributed by atoms with Crippen LogP contribution in [0.3, 0.4) is 0 Å². The fraction of sp³-hybridized carbons (Fsp3) is 0. The minimum Gasteiger partial charge on any atom is -0.359 e. The van der Waals surface area contributed by atoms with E-state index in [0.29, 0.717) is 27.3 Å². The highest BCUT2D eigenvalue weighted by molar-refractivity contribution is 5.81. The summed E-state index contributed by atoms with van der Waals surface area (Å²) in [5, 5.41) is 16.0. The maximum absolute atomic E-state index is 12.2. The summed E-state index contributed by atoms with van der Waals surface area (Å²) in [7, 11) is 0. The van der Waals surface area contributed by atoms with Crippen LogP contribution in [0.4, 0.5) is 0 Å². The van der Waals surface area contributed by atoms with Crippen LogP contribution in [0, 0.1) is 5.21 Å². The molecule has 0 N–H and O–H groups in total. The molecule has 0 fully saturated rings. The maximum Gasteiger partial charge on any atom is 0.277 e. The highest BCUT2D eigenvalue weighted by Crippen LogP contribution is 2.26. The first kappa shape index (κ1) is 14.4. The second-order valence-electron chi connectivity index (χ2n) is 5.62. The van der Waals surface area contributed by atoms with Gasteiger partial charge in [0, 0.05) is 5.16 Å². The normalized spacial score (nSPS) is 11.2. The van der Waals surface area contributed by atoms with Crippen LogP contribution in [0.1, 0.15) is 0 Å². The van der Waals surface area contributed by atoms with E-state index in [1.165, 1.54) is 6.20 Å². The largest absolute Gasteiger partial charge is 0.359 e. The van der Waals surface area contributed by atoms with Crippen LogP contribution in [0.25, 0.3) is 44.8 Å². The third-order valence-corrected chi connectivity index (χ3v) is 4.00. The summed E-state index contributed by atoms with van der Waals surface area (Å²) < 4.78 is 4.80. The second kappa shape index (κ2) is 5.55. The maximum atomic E-state index is 12.2. The Labute approximate surface area is 146 Å². The quantitative estimate of drug-likeness (QED) is 0.454. The Kier molecular flexibility index (Phi) is 3.08. The molecule has 5 rings (SSSR count). The topological polar surface area (TPSA) is 105 Å². The lowest BCUT2D eigenvalue weighted by atomic mass is 10.2. The highest BCUT2D eigenvalue weighted by Gasteiger charge is 2.26. The van der Waals surface area contributed by atoms with Gasteiger partial charge in [0.2, 0.25) is 0 Å². The van der Waals surface area contributed by atoms with E-state index in [4.69, 9.17) is 4.63 Å². The van der Waals surface area contributed by atoms with Gasteiger partial charge < -0.3 is 5.21 Å². The van der Waals surface area contributed by atoms with Gasteiger partial charge in [-0.05, 0) is 29.2 Å². The van der Waals surface area contributed by atoms with E-state index in [0.717, 1.165) is 11.0 Å². The van der Waals surface area contributed by atoms with Crippen molar-refractivity contribution in [3.63, 3.8) is 0 Å². The monoisotopic (exact) mass is 342 g/mol. The first-order valence-electron chi connectivity index (χ1n) is 7.84. The van der Waals surface area contributed by atoms with Gasteiger partial charge >= 0.3 is 0 Å². The average molecular weight is 342 g/mol. The minimum absolute atomic E-state index is 0.146. The number of hydrogen-bond donors (Lipinski definition) is 0. The van der Waals surface area contributed by atoms with Crippen molar-refractivity contribution in [1.82, 2.24) is 25.1 Å². The summed E-state index contributed by atoms with van der Waals surface area (Å²) in [5.74, 6) is 0. The predicted molar refractivity (Wildman–Crippen MR) is 92.5 cm³/mol. The van der Waals surface area contributed by atoms with E-state index in [1.807, 2.05) is 48.5 Å². The SMILES string of the molecule is [O-][n+]1onc(-c2cnc3ccccc3n2)c1-c1cnc2ccccc2n1. The van der Waals surface area contributed by atoms with E-state index in [-0.39, 0.29) is 11.4 Å². The fourth-order valence-corrected chi connectivity index (χ4v) is 2.77. The average Bonchev–Trinajstić information content (AvgIpc) is 3.08. The smallest absolute Gasteiger partial charge is 0.277 e. The van der Waals surface area contributed by atoms with E-state index in [9.17, 15) is 5.21 Å². The van der Waals surface area contributed by atoms with Gasteiger partial charge in [-0.1, -0.05) is 24.3 Å².